The second-order valence-corrected chi connectivity index (χ2v) is 7.86. The van der Waals surface area contributed by atoms with Gasteiger partial charge in [0.25, 0.3) is 0 Å². The molecule has 1 saturated carbocycles. The van der Waals surface area contributed by atoms with Gasteiger partial charge in [0.15, 0.2) is 15.7 Å². The van der Waals surface area contributed by atoms with Crippen molar-refractivity contribution in [3.8, 4) is 0 Å². The summed E-state index contributed by atoms with van der Waals surface area (Å²) in [7, 11) is -1.09. The molecule has 0 aromatic carbocycles. The van der Waals surface area contributed by atoms with Gasteiger partial charge < -0.3 is 4.52 Å². The molecular formula is C13H23N3O3S. The number of aryl methyl sites for hydroxylation is 1. The molecule has 20 heavy (non-hydrogen) atoms. The molecule has 0 aliphatic heterocycles. The van der Waals surface area contributed by atoms with Crippen LogP contribution in [0.15, 0.2) is 4.52 Å². The van der Waals surface area contributed by atoms with Crippen LogP contribution in [-0.4, -0.2) is 48.1 Å². The summed E-state index contributed by atoms with van der Waals surface area (Å²) in [5.41, 5.74) is 0. The molecule has 0 N–H and O–H groups in total. The van der Waals surface area contributed by atoms with Gasteiger partial charge in [-0.3, -0.25) is 4.90 Å². The Morgan fingerprint density at radius 3 is 2.65 bits per heavy atom. The maximum absolute atomic E-state index is 11.9. The Morgan fingerprint density at radius 1 is 1.35 bits per heavy atom. The summed E-state index contributed by atoms with van der Waals surface area (Å²) < 4.78 is 29.0. The van der Waals surface area contributed by atoms with Gasteiger partial charge in [0.05, 0.1) is 11.8 Å². The average Bonchev–Trinajstić information content (AvgIpc) is 2.85. The number of sulfone groups is 1. The average molecular weight is 301 g/mol. The highest BCUT2D eigenvalue weighted by atomic mass is 32.2. The smallest absolute Gasteiger partial charge is 0.240 e. The van der Waals surface area contributed by atoms with Crippen molar-refractivity contribution in [2.45, 2.75) is 56.9 Å². The van der Waals surface area contributed by atoms with E-state index in [2.05, 4.69) is 10.1 Å². The third kappa shape index (κ3) is 3.58. The minimum Gasteiger partial charge on any atom is -0.338 e. The molecule has 0 amide bonds. The van der Waals surface area contributed by atoms with E-state index in [1.807, 2.05) is 18.9 Å². The molecule has 1 fully saturated rings. The van der Waals surface area contributed by atoms with Crippen LogP contribution in [-0.2, 0) is 22.8 Å². The van der Waals surface area contributed by atoms with Crippen molar-refractivity contribution in [2.24, 2.45) is 0 Å². The van der Waals surface area contributed by atoms with Crippen LogP contribution >= 0.6 is 0 Å². The first kappa shape index (κ1) is 15.4. The van der Waals surface area contributed by atoms with Gasteiger partial charge in [-0.05, 0) is 19.9 Å². The van der Waals surface area contributed by atoms with Crippen molar-refractivity contribution in [1.82, 2.24) is 15.0 Å². The van der Waals surface area contributed by atoms with Gasteiger partial charge in [-0.2, -0.15) is 4.98 Å². The SMILES string of the molecule is CCc1noc(CN(C)[C@@H]2CCCC[C@H]2S(C)(=O)=O)n1. The Bertz CT molecular complexity index is 541. The third-order valence-electron chi connectivity index (χ3n) is 3.99. The van der Waals surface area contributed by atoms with Crippen LogP contribution in [0.25, 0.3) is 0 Å². The number of hydrogen-bond acceptors (Lipinski definition) is 6. The summed E-state index contributed by atoms with van der Waals surface area (Å²) in [6.45, 7) is 2.48. The van der Waals surface area contributed by atoms with E-state index >= 15 is 0 Å². The molecule has 1 heterocycles. The third-order valence-corrected chi connectivity index (χ3v) is 5.64. The predicted molar refractivity (Wildman–Crippen MR) is 76.0 cm³/mol. The molecule has 114 valence electrons. The Labute approximate surface area is 120 Å². The van der Waals surface area contributed by atoms with Gasteiger partial charge in [0.2, 0.25) is 5.89 Å². The second-order valence-electron chi connectivity index (χ2n) is 5.59. The lowest BCUT2D eigenvalue weighted by Crippen LogP contribution is -2.46. The standard InChI is InChI=1S/C13H23N3O3S/c1-4-12-14-13(19-15-12)9-16(2)10-7-5-6-8-11(10)20(3,17)18/h10-11H,4-9H2,1-3H3/t10-,11-/m1/s1. The van der Waals surface area contributed by atoms with Gasteiger partial charge >= 0.3 is 0 Å². The number of nitrogens with zero attached hydrogens (tertiary/aromatic N) is 3. The lowest BCUT2D eigenvalue weighted by Gasteiger charge is -2.36. The topological polar surface area (TPSA) is 76.3 Å². The molecule has 0 bridgehead atoms. The quantitative estimate of drug-likeness (QED) is 0.818. The van der Waals surface area contributed by atoms with Crippen LogP contribution in [0.1, 0.15) is 44.3 Å². The number of hydrogen-bond donors (Lipinski definition) is 0. The second kappa shape index (κ2) is 6.22. The summed E-state index contributed by atoms with van der Waals surface area (Å²) in [6.07, 6.45) is 5.79. The van der Waals surface area contributed by atoms with Crippen LogP contribution in [0.3, 0.4) is 0 Å². The number of rotatable bonds is 5. The van der Waals surface area contributed by atoms with Crippen molar-refractivity contribution in [3.05, 3.63) is 11.7 Å². The van der Waals surface area contributed by atoms with Crippen LogP contribution in [0.5, 0.6) is 0 Å². The molecule has 2 atom stereocenters. The first-order valence-corrected chi connectivity index (χ1v) is 9.08. The lowest BCUT2D eigenvalue weighted by atomic mass is 9.94. The highest BCUT2D eigenvalue weighted by Gasteiger charge is 2.35. The van der Waals surface area contributed by atoms with Crippen LogP contribution < -0.4 is 0 Å². The largest absolute Gasteiger partial charge is 0.338 e. The molecule has 0 spiro atoms. The maximum Gasteiger partial charge on any atom is 0.240 e. The zero-order chi connectivity index (χ0) is 14.8. The molecular weight excluding hydrogens is 278 g/mol. The summed E-state index contributed by atoms with van der Waals surface area (Å²) in [4.78, 5) is 6.32. The van der Waals surface area contributed by atoms with Crippen LogP contribution in [0, 0.1) is 0 Å². The molecule has 0 radical (unpaired) electrons. The van der Waals surface area contributed by atoms with E-state index in [1.54, 1.807) is 0 Å². The summed E-state index contributed by atoms with van der Waals surface area (Å²) in [5, 5.41) is 3.59. The van der Waals surface area contributed by atoms with Gasteiger partial charge in [0.1, 0.15) is 0 Å². The van der Waals surface area contributed by atoms with E-state index < -0.39 is 9.84 Å². The first-order valence-electron chi connectivity index (χ1n) is 7.12. The highest BCUT2D eigenvalue weighted by molar-refractivity contribution is 7.91. The maximum atomic E-state index is 11.9. The minimum absolute atomic E-state index is 0.0377. The van der Waals surface area contributed by atoms with Crippen molar-refractivity contribution in [2.75, 3.05) is 13.3 Å². The lowest BCUT2D eigenvalue weighted by molar-refractivity contribution is 0.167. The zero-order valence-electron chi connectivity index (χ0n) is 12.4. The predicted octanol–water partition coefficient (Wildman–Crippen LogP) is 1.42. The van der Waals surface area contributed by atoms with E-state index in [-0.39, 0.29) is 11.3 Å². The van der Waals surface area contributed by atoms with Crippen molar-refractivity contribution >= 4 is 9.84 Å². The van der Waals surface area contributed by atoms with E-state index in [4.69, 9.17) is 4.52 Å². The van der Waals surface area contributed by atoms with Gasteiger partial charge in [0, 0.05) is 18.7 Å². The molecule has 1 aromatic rings. The fraction of sp³-hybridized carbons (Fsp3) is 0.846. The Morgan fingerprint density at radius 2 is 2.05 bits per heavy atom. The van der Waals surface area contributed by atoms with Crippen LogP contribution in [0.2, 0.25) is 0 Å². The minimum atomic E-state index is -3.02. The van der Waals surface area contributed by atoms with Crippen molar-refractivity contribution in [1.29, 1.82) is 0 Å². The van der Waals surface area contributed by atoms with Gasteiger partial charge in [-0.25, -0.2) is 8.42 Å². The zero-order valence-corrected chi connectivity index (χ0v) is 13.2. The van der Waals surface area contributed by atoms with E-state index in [0.717, 1.165) is 32.1 Å². The number of aromatic nitrogens is 2. The van der Waals surface area contributed by atoms with Gasteiger partial charge in [-0.15, -0.1) is 0 Å². The first-order chi connectivity index (χ1) is 9.41. The molecule has 1 aliphatic carbocycles. The fourth-order valence-electron chi connectivity index (χ4n) is 2.91. The normalized spacial score (nSPS) is 24.2. The molecule has 7 heteroatoms. The molecule has 0 saturated heterocycles. The summed E-state index contributed by atoms with van der Waals surface area (Å²) in [6, 6.07) is 0.0377. The Kier molecular flexibility index (Phi) is 4.80. The van der Waals surface area contributed by atoms with E-state index in [1.165, 1.54) is 6.26 Å². The Balaban J connectivity index is 2.07. The fourth-order valence-corrected chi connectivity index (χ4v) is 4.42. The van der Waals surface area contributed by atoms with Crippen LogP contribution in [0.4, 0.5) is 0 Å². The molecule has 1 aromatic heterocycles. The summed E-state index contributed by atoms with van der Waals surface area (Å²) >= 11 is 0. The van der Waals surface area contributed by atoms with E-state index in [0.29, 0.717) is 18.3 Å². The molecule has 2 rings (SSSR count). The monoisotopic (exact) mass is 301 g/mol. The highest BCUT2D eigenvalue weighted by Crippen LogP contribution is 2.28. The van der Waals surface area contributed by atoms with E-state index in [9.17, 15) is 8.42 Å². The summed E-state index contributed by atoms with van der Waals surface area (Å²) in [5.74, 6) is 1.25. The molecule has 6 nitrogen and oxygen atoms in total. The van der Waals surface area contributed by atoms with Crippen molar-refractivity contribution in [3.63, 3.8) is 0 Å². The molecule has 1 aliphatic rings. The van der Waals surface area contributed by atoms with Gasteiger partial charge in [-0.1, -0.05) is 24.9 Å². The van der Waals surface area contributed by atoms with Crippen molar-refractivity contribution < 1.29 is 12.9 Å². The molecule has 0 unspecified atom stereocenters. The Hall–Kier alpha value is -0.950.